The van der Waals surface area contributed by atoms with Crippen molar-refractivity contribution in [1.29, 1.82) is 0 Å². The SMILES string of the molecule is CC(C)CC(=O)NOCC(C)(C)c1cc(-c2csc(-c3ccc(NS(=O)(=O)NC(C)C)cc3Cl)c2)ccn1.Cl. The van der Waals surface area contributed by atoms with Gasteiger partial charge >= 0.3 is 0 Å². The maximum absolute atomic E-state index is 12.2. The van der Waals surface area contributed by atoms with Crippen molar-refractivity contribution in [2.45, 2.75) is 59.4 Å². The highest BCUT2D eigenvalue weighted by molar-refractivity contribution is 7.90. The van der Waals surface area contributed by atoms with E-state index in [2.05, 4.69) is 19.9 Å². The minimum atomic E-state index is -3.68. The van der Waals surface area contributed by atoms with E-state index >= 15 is 0 Å². The molecule has 0 atom stereocenters. The third-order valence-electron chi connectivity index (χ3n) is 5.48. The van der Waals surface area contributed by atoms with Crippen molar-refractivity contribution in [3.8, 4) is 21.6 Å². The maximum atomic E-state index is 12.2. The van der Waals surface area contributed by atoms with Crippen LogP contribution in [0.25, 0.3) is 21.6 Å². The predicted octanol–water partition coefficient (Wildman–Crippen LogP) is 6.58. The van der Waals surface area contributed by atoms with Crippen molar-refractivity contribution in [3.63, 3.8) is 0 Å². The molecule has 2 aromatic heterocycles. The lowest BCUT2D eigenvalue weighted by Crippen LogP contribution is -2.35. The summed E-state index contributed by atoms with van der Waals surface area (Å²) >= 11 is 8.08. The minimum absolute atomic E-state index is 0. The Labute approximate surface area is 246 Å². The van der Waals surface area contributed by atoms with Crippen molar-refractivity contribution in [2.24, 2.45) is 5.92 Å². The first-order valence-electron chi connectivity index (χ1n) is 12.3. The molecule has 0 radical (unpaired) electrons. The van der Waals surface area contributed by atoms with Gasteiger partial charge in [0.25, 0.3) is 10.2 Å². The van der Waals surface area contributed by atoms with Crippen LogP contribution in [0.3, 0.4) is 0 Å². The molecule has 0 aliphatic carbocycles. The summed E-state index contributed by atoms with van der Waals surface area (Å²) in [5, 5.41) is 2.49. The smallest absolute Gasteiger partial charge is 0.273 e. The van der Waals surface area contributed by atoms with Gasteiger partial charge in [0.2, 0.25) is 5.91 Å². The maximum Gasteiger partial charge on any atom is 0.299 e. The normalized spacial score (nSPS) is 11.9. The quantitative estimate of drug-likeness (QED) is 0.200. The Morgan fingerprint density at radius 2 is 1.82 bits per heavy atom. The van der Waals surface area contributed by atoms with Gasteiger partial charge < -0.3 is 0 Å². The van der Waals surface area contributed by atoms with Crippen molar-refractivity contribution >= 4 is 57.1 Å². The van der Waals surface area contributed by atoms with Gasteiger partial charge in [-0.1, -0.05) is 39.3 Å². The van der Waals surface area contributed by atoms with Gasteiger partial charge in [-0.15, -0.1) is 23.7 Å². The molecule has 1 amide bonds. The van der Waals surface area contributed by atoms with Crippen LogP contribution in [-0.4, -0.2) is 32.0 Å². The first-order valence-corrected chi connectivity index (χ1v) is 15.1. The number of benzene rings is 1. The molecule has 0 aliphatic rings. The largest absolute Gasteiger partial charge is 0.299 e. The minimum Gasteiger partial charge on any atom is -0.273 e. The van der Waals surface area contributed by atoms with E-state index < -0.39 is 15.6 Å². The number of hydroxylamine groups is 1. The molecule has 0 unspecified atom stereocenters. The summed E-state index contributed by atoms with van der Waals surface area (Å²) in [7, 11) is -3.68. The van der Waals surface area contributed by atoms with Gasteiger partial charge in [-0.2, -0.15) is 13.1 Å². The summed E-state index contributed by atoms with van der Waals surface area (Å²) in [6.07, 6.45) is 2.17. The number of carbonyl (C=O) groups is 1. The van der Waals surface area contributed by atoms with Crippen molar-refractivity contribution < 1.29 is 18.0 Å². The van der Waals surface area contributed by atoms with E-state index in [1.807, 2.05) is 51.3 Å². The third kappa shape index (κ3) is 9.73. The second kappa shape index (κ2) is 13.9. The predicted molar refractivity (Wildman–Crippen MR) is 163 cm³/mol. The standard InChI is InChI=1S/C27H35ClN4O4S2.ClH/c1-17(2)11-26(33)30-36-16-27(5,6)25-13-19(9-10-29-25)20-12-24(37-15-20)22-8-7-21(14-23(22)28)32-38(34,35)31-18(3)4;/h7-10,12-15,17-18,31-32H,11,16H2,1-6H3,(H,30,33);1H. The Hall–Kier alpha value is -2.21. The van der Waals surface area contributed by atoms with Gasteiger partial charge in [0.15, 0.2) is 0 Å². The summed E-state index contributed by atoms with van der Waals surface area (Å²) in [4.78, 5) is 22.9. The first kappa shape index (κ1) is 33.0. The molecule has 1 aromatic carbocycles. The molecule has 12 heteroatoms. The molecule has 0 saturated carbocycles. The second-order valence-corrected chi connectivity index (χ2v) is 13.3. The summed E-state index contributed by atoms with van der Waals surface area (Å²) < 4.78 is 29.3. The molecule has 2 heterocycles. The van der Waals surface area contributed by atoms with Crippen LogP contribution in [0.1, 0.15) is 53.7 Å². The Bertz CT molecular complexity index is 1380. The zero-order chi connectivity index (χ0) is 28.1. The van der Waals surface area contributed by atoms with Crippen LogP contribution in [0.2, 0.25) is 5.02 Å². The molecular weight excluding hydrogens is 579 g/mol. The Balaban J connectivity index is 0.00000533. The van der Waals surface area contributed by atoms with Crippen molar-refractivity contribution in [2.75, 3.05) is 11.3 Å². The average Bonchev–Trinajstić information content (AvgIpc) is 3.27. The number of anilines is 1. The van der Waals surface area contributed by atoms with E-state index in [0.29, 0.717) is 17.1 Å². The van der Waals surface area contributed by atoms with Gasteiger partial charge in [0.05, 0.1) is 17.3 Å². The number of thiophene rings is 1. The summed E-state index contributed by atoms with van der Waals surface area (Å²) in [5.41, 5.74) is 6.12. The molecule has 3 aromatic rings. The third-order valence-corrected chi connectivity index (χ3v) is 8.04. The molecule has 3 rings (SSSR count). The average molecular weight is 616 g/mol. The zero-order valence-corrected chi connectivity index (χ0v) is 26.1. The van der Waals surface area contributed by atoms with E-state index in [1.165, 1.54) is 0 Å². The first-order chi connectivity index (χ1) is 17.8. The highest BCUT2D eigenvalue weighted by atomic mass is 35.5. The van der Waals surface area contributed by atoms with Crippen LogP contribution in [0.4, 0.5) is 5.69 Å². The molecule has 8 nitrogen and oxygen atoms in total. The van der Waals surface area contributed by atoms with Gasteiger partial charge in [0, 0.05) is 40.2 Å². The Morgan fingerprint density at radius 3 is 2.46 bits per heavy atom. The molecule has 0 saturated heterocycles. The van der Waals surface area contributed by atoms with Gasteiger partial charge in [-0.25, -0.2) is 5.48 Å². The van der Waals surface area contributed by atoms with E-state index in [4.69, 9.17) is 16.4 Å². The summed E-state index contributed by atoms with van der Waals surface area (Å²) in [6, 6.07) is 10.9. The highest BCUT2D eigenvalue weighted by Crippen LogP contribution is 2.38. The highest BCUT2D eigenvalue weighted by Gasteiger charge is 2.24. The Kier molecular flexibility index (Phi) is 11.8. The summed E-state index contributed by atoms with van der Waals surface area (Å²) in [6.45, 7) is 11.8. The molecule has 3 N–H and O–H groups in total. The topological polar surface area (TPSA) is 109 Å². The van der Waals surface area contributed by atoms with Crippen molar-refractivity contribution in [3.05, 3.63) is 58.7 Å². The van der Waals surface area contributed by atoms with Crippen LogP contribution < -0.4 is 14.9 Å². The van der Waals surface area contributed by atoms with Crippen LogP contribution in [0, 0.1) is 5.92 Å². The number of hydrogen-bond donors (Lipinski definition) is 3. The molecule has 0 spiro atoms. The van der Waals surface area contributed by atoms with Crippen LogP contribution in [0.5, 0.6) is 0 Å². The number of rotatable bonds is 12. The fourth-order valence-electron chi connectivity index (χ4n) is 3.67. The van der Waals surface area contributed by atoms with Crippen LogP contribution in [0.15, 0.2) is 48.0 Å². The molecule has 214 valence electrons. The lowest BCUT2D eigenvalue weighted by Gasteiger charge is -2.24. The van der Waals surface area contributed by atoms with Crippen LogP contribution >= 0.6 is 35.3 Å². The number of hydrogen-bond acceptors (Lipinski definition) is 6. The lowest BCUT2D eigenvalue weighted by atomic mass is 9.88. The van der Waals surface area contributed by atoms with E-state index in [-0.39, 0.29) is 36.9 Å². The molecule has 0 bridgehead atoms. The lowest BCUT2D eigenvalue weighted by molar-refractivity contribution is -0.135. The molecule has 0 fully saturated rings. The van der Waals surface area contributed by atoms with E-state index in [0.717, 1.165) is 27.3 Å². The van der Waals surface area contributed by atoms with E-state index in [9.17, 15) is 13.2 Å². The molecule has 39 heavy (non-hydrogen) atoms. The van der Waals surface area contributed by atoms with Crippen molar-refractivity contribution in [1.82, 2.24) is 15.2 Å². The fraction of sp³-hybridized carbons (Fsp3) is 0.407. The zero-order valence-electron chi connectivity index (χ0n) is 22.9. The Morgan fingerprint density at radius 1 is 1.10 bits per heavy atom. The number of carbonyl (C=O) groups excluding carboxylic acids is 1. The van der Waals surface area contributed by atoms with E-state index in [1.54, 1.807) is 49.6 Å². The summed E-state index contributed by atoms with van der Waals surface area (Å²) in [5.74, 6) is 0.118. The second-order valence-electron chi connectivity index (χ2n) is 10.5. The molecular formula is C27H36Cl2N4O4S2. The fourth-order valence-corrected chi connectivity index (χ4v) is 6.08. The number of halogens is 2. The number of pyridine rings is 1. The monoisotopic (exact) mass is 614 g/mol. The van der Waals surface area contributed by atoms with Gasteiger partial charge in [-0.3, -0.25) is 19.3 Å². The van der Waals surface area contributed by atoms with Gasteiger partial charge in [-0.05, 0) is 72.7 Å². The number of nitrogens with zero attached hydrogens (tertiary/aromatic N) is 1. The number of amides is 1. The van der Waals surface area contributed by atoms with Gasteiger partial charge in [0.1, 0.15) is 0 Å². The molecule has 0 aliphatic heterocycles. The number of nitrogens with one attached hydrogen (secondary N) is 3. The van der Waals surface area contributed by atoms with Crippen LogP contribution in [-0.2, 0) is 25.3 Å². The number of aromatic nitrogens is 1.